The molecular weight excluding hydrogens is 492 g/mol. The first-order valence-corrected chi connectivity index (χ1v) is 15.2. The predicted molar refractivity (Wildman–Crippen MR) is 149 cm³/mol. The number of methoxy groups -OCH3 is 1. The van der Waals surface area contributed by atoms with Crippen LogP contribution < -0.4 is 0 Å². The van der Waals surface area contributed by atoms with Crippen LogP contribution in [0.2, 0.25) is 0 Å². The maximum atomic E-state index is 14.4. The topological polar surface area (TPSA) is 89.9 Å². The fraction of sp³-hybridized carbons (Fsp3) is 0.848. The van der Waals surface area contributed by atoms with Crippen molar-refractivity contribution in [2.45, 2.75) is 112 Å². The third-order valence-electron chi connectivity index (χ3n) is 13.7. The van der Waals surface area contributed by atoms with Gasteiger partial charge in [0.2, 0.25) is 0 Å². The van der Waals surface area contributed by atoms with E-state index in [0.29, 0.717) is 18.8 Å². The highest BCUT2D eigenvalue weighted by molar-refractivity contribution is 5.95. The van der Waals surface area contributed by atoms with E-state index in [9.17, 15) is 19.5 Å². The number of carbonyl (C=O) groups is 3. The molecule has 6 heteroatoms. The van der Waals surface area contributed by atoms with E-state index >= 15 is 0 Å². The van der Waals surface area contributed by atoms with Gasteiger partial charge in [0.25, 0.3) is 0 Å². The Morgan fingerprint density at radius 2 is 1.62 bits per heavy atom. The number of allylic oxidation sites excluding steroid dienone is 2. The molecule has 0 aromatic heterocycles. The average Bonchev–Trinajstić information content (AvgIpc) is 2.85. The van der Waals surface area contributed by atoms with Crippen LogP contribution in [0.4, 0.5) is 0 Å². The summed E-state index contributed by atoms with van der Waals surface area (Å²) in [4.78, 5) is 38.6. The van der Waals surface area contributed by atoms with Crippen LogP contribution in [-0.4, -0.2) is 42.6 Å². The molecule has 0 spiro atoms. The SMILES string of the molecule is COC(=O)CO[C@H]1CC[C@]2(C)[C@H]3C(=O)C=C4[C@@H]5C[C@@](C)(C(=O)O)CC[C@]5(C)CC[C@@]4(C)[C@]3(C)CC[C@H]2C1(C)C. The Kier molecular flexibility index (Phi) is 6.58. The van der Waals surface area contributed by atoms with E-state index in [2.05, 4.69) is 41.5 Å². The van der Waals surface area contributed by atoms with Crippen molar-refractivity contribution in [3.63, 3.8) is 0 Å². The minimum absolute atomic E-state index is 0.0340. The van der Waals surface area contributed by atoms with Crippen molar-refractivity contribution in [2.75, 3.05) is 13.7 Å². The third-order valence-corrected chi connectivity index (χ3v) is 13.7. The number of esters is 1. The molecule has 218 valence electrons. The van der Waals surface area contributed by atoms with Crippen LogP contribution in [0.1, 0.15) is 106 Å². The Labute approximate surface area is 234 Å². The second-order valence-electron chi connectivity index (χ2n) is 15.8. The summed E-state index contributed by atoms with van der Waals surface area (Å²) >= 11 is 0. The summed E-state index contributed by atoms with van der Waals surface area (Å²) in [5.41, 5.74) is -0.0555. The highest BCUT2D eigenvalue weighted by Gasteiger charge is 2.70. The number of carboxylic acid groups (broad SMARTS) is 1. The van der Waals surface area contributed by atoms with Crippen molar-refractivity contribution in [3.05, 3.63) is 11.6 Å². The average molecular weight is 543 g/mol. The smallest absolute Gasteiger partial charge is 0.331 e. The number of aliphatic carboxylic acids is 1. The van der Waals surface area contributed by atoms with Crippen molar-refractivity contribution in [1.82, 2.24) is 0 Å². The summed E-state index contributed by atoms with van der Waals surface area (Å²) in [6, 6.07) is 0. The molecule has 0 bridgehead atoms. The summed E-state index contributed by atoms with van der Waals surface area (Å²) in [5.74, 6) is -0.427. The number of fused-ring (bicyclic) bond motifs is 7. The van der Waals surface area contributed by atoms with Crippen LogP contribution in [0.5, 0.6) is 0 Å². The fourth-order valence-electron chi connectivity index (χ4n) is 10.9. The van der Waals surface area contributed by atoms with Crippen LogP contribution in [0.15, 0.2) is 11.6 Å². The van der Waals surface area contributed by atoms with Gasteiger partial charge >= 0.3 is 11.9 Å². The molecule has 0 aromatic carbocycles. The molecule has 0 radical (unpaired) electrons. The Morgan fingerprint density at radius 3 is 2.26 bits per heavy atom. The molecule has 0 saturated heterocycles. The van der Waals surface area contributed by atoms with E-state index in [0.717, 1.165) is 44.9 Å². The number of hydrogen-bond acceptors (Lipinski definition) is 5. The monoisotopic (exact) mass is 542 g/mol. The summed E-state index contributed by atoms with van der Waals surface area (Å²) in [7, 11) is 1.39. The van der Waals surface area contributed by atoms with Gasteiger partial charge in [-0.25, -0.2) is 4.79 Å². The quantitative estimate of drug-likeness (QED) is 0.402. The minimum Gasteiger partial charge on any atom is -0.481 e. The Hall–Kier alpha value is -1.69. The summed E-state index contributed by atoms with van der Waals surface area (Å²) in [6.07, 6.45) is 10.1. The minimum atomic E-state index is -0.736. The van der Waals surface area contributed by atoms with Gasteiger partial charge in [0.15, 0.2) is 5.78 Å². The first-order valence-electron chi connectivity index (χ1n) is 15.2. The van der Waals surface area contributed by atoms with Crippen molar-refractivity contribution >= 4 is 17.7 Å². The van der Waals surface area contributed by atoms with Gasteiger partial charge in [-0.3, -0.25) is 9.59 Å². The molecule has 39 heavy (non-hydrogen) atoms. The first kappa shape index (κ1) is 28.8. The van der Waals surface area contributed by atoms with Gasteiger partial charge < -0.3 is 14.6 Å². The van der Waals surface area contributed by atoms with Gasteiger partial charge in [-0.05, 0) is 110 Å². The summed E-state index contributed by atoms with van der Waals surface area (Å²) in [6.45, 7) is 15.9. The van der Waals surface area contributed by atoms with Gasteiger partial charge in [0, 0.05) is 5.92 Å². The molecular formula is C33H50O6. The predicted octanol–water partition coefficient (Wildman–Crippen LogP) is 6.61. The molecule has 0 aliphatic heterocycles. The maximum Gasteiger partial charge on any atom is 0.331 e. The highest BCUT2D eigenvalue weighted by atomic mass is 16.6. The zero-order valence-electron chi connectivity index (χ0n) is 25.4. The normalized spacial score (nSPS) is 48.5. The molecule has 0 unspecified atom stereocenters. The Balaban J connectivity index is 1.52. The number of carbonyl (C=O) groups excluding carboxylic acids is 2. The van der Waals surface area contributed by atoms with Crippen LogP contribution >= 0.6 is 0 Å². The lowest BCUT2D eigenvalue weighted by atomic mass is 9.33. The molecule has 0 heterocycles. The number of hydrogen-bond donors (Lipinski definition) is 1. The van der Waals surface area contributed by atoms with Gasteiger partial charge in [0.05, 0.1) is 18.6 Å². The zero-order valence-corrected chi connectivity index (χ0v) is 25.4. The molecule has 4 fully saturated rings. The second kappa shape index (κ2) is 8.90. The molecule has 5 rings (SSSR count). The van der Waals surface area contributed by atoms with E-state index in [1.165, 1.54) is 12.7 Å². The molecule has 0 amide bonds. The van der Waals surface area contributed by atoms with Crippen molar-refractivity contribution < 1.29 is 29.0 Å². The van der Waals surface area contributed by atoms with E-state index in [1.807, 2.05) is 13.0 Å². The highest BCUT2D eigenvalue weighted by Crippen LogP contribution is 2.75. The van der Waals surface area contributed by atoms with E-state index < -0.39 is 11.4 Å². The second-order valence-corrected chi connectivity index (χ2v) is 15.8. The summed E-state index contributed by atoms with van der Waals surface area (Å²) < 4.78 is 10.9. The van der Waals surface area contributed by atoms with Gasteiger partial charge in [-0.15, -0.1) is 0 Å². The molecule has 9 atom stereocenters. The number of carboxylic acids is 1. The van der Waals surface area contributed by atoms with Crippen molar-refractivity contribution in [1.29, 1.82) is 0 Å². The maximum absolute atomic E-state index is 14.4. The van der Waals surface area contributed by atoms with Crippen LogP contribution in [0.3, 0.4) is 0 Å². The van der Waals surface area contributed by atoms with Gasteiger partial charge in [0.1, 0.15) is 6.61 Å². The molecule has 5 aliphatic carbocycles. The van der Waals surface area contributed by atoms with Crippen molar-refractivity contribution in [2.24, 2.45) is 50.2 Å². The lowest BCUT2D eigenvalue weighted by molar-refractivity contribution is -0.210. The number of ether oxygens (including phenoxy) is 2. The molecule has 6 nitrogen and oxygen atoms in total. The number of rotatable bonds is 4. The van der Waals surface area contributed by atoms with E-state index in [4.69, 9.17) is 9.47 Å². The zero-order chi connectivity index (χ0) is 28.8. The van der Waals surface area contributed by atoms with Crippen molar-refractivity contribution in [3.8, 4) is 0 Å². The standard InChI is InChI=1S/C33H50O6/c1-28(2)23-9-12-33(7)26(31(23,5)11-10-24(28)39-19-25(35)38-8)22(34)17-20-21-18-30(4,27(36)37)14-13-29(21,3)15-16-32(20,33)6/h17,21,23-24,26H,9-16,18-19H2,1-8H3,(H,36,37)/t21-,23-,24-,26+,29+,30-,31-,32+,33+/m0/s1. The fourth-order valence-corrected chi connectivity index (χ4v) is 10.9. The molecule has 0 aromatic rings. The molecule has 5 aliphatic rings. The van der Waals surface area contributed by atoms with Gasteiger partial charge in [-0.1, -0.05) is 47.1 Å². The van der Waals surface area contributed by atoms with Crippen LogP contribution in [0.25, 0.3) is 0 Å². The molecule has 1 N–H and O–H groups in total. The van der Waals surface area contributed by atoms with Crippen LogP contribution in [-0.2, 0) is 23.9 Å². The number of ketones is 1. The molecule has 4 saturated carbocycles. The Bertz CT molecular complexity index is 1110. The lowest BCUT2D eigenvalue weighted by Gasteiger charge is -2.70. The lowest BCUT2D eigenvalue weighted by Crippen LogP contribution is -2.66. The Morgan fingerprint density at radius 1 is 0.949 bits per heavy atom. The van der Waals surface area contributed by atoms with Crippen LogP contribution in [0, 0.1) is 50.2 Å². The van der Waals surface area contributed by atoms with Gasteiger partial charge in [-0.2, -0.15) is 0 Å². The third kappa shape index (κ3) is 3.85. The van der Waals surface area contributed by atoms with E-state index in [1.54, 1.807) is 0 Å². The van der Waals surface area contributed by atoms with E-state index in [-0.39, 0.29) is 63.4 Å². The first-order chi connectivity index (χ1) is 18.0. The summed E-state index contributed by atoms with van der Waals surface area (Å²) in [5, 5.41) is 10.1. The largest absolute Gasteiger partial charge is 0.481 e.